The van der Waals surface area contributed by atoms with Crippen LogP contribution >= 0.6 is 11.6 Å². The van der Waals surface area contributed by atoms with Crippen LogP contribution in [-0.4, -0.2) is 22.1 Å². The Morgan fingerprint density at radius 2 is 1.79 bits per heavy atom. The smallest absolute Gasteiger partial charge is 0.118 e. The summed E-state index contributed by atoms with van der Waals surface area (Å²) in [7, 11) is 1.66. The molecule has 3 rings (SSSR count). The van der Waals surface area contributed by atoms with Crippen LogP contribution in [-0.2, 0) is 0 Å². The van der Waals surface area contributed by atoms with Gasteiger partial charge < -0.3 is 4.74 Å². The van der Waals surface area contributed by atoms with Gasteiger partial charge in [-0.3, -0.25) is 0 Å². The molecule has 4 nitrogen and oxygen atoms in total. The fourth-order valence-corrected chi connectivity index (χ4v) is 2.57. The minimum Gasteiger partial charge on any atom is -0.497 e. The molecule has 0 aliphatic carbocycles. The average Bonchev–Trinajstić information content (AvgIpc) is 3.11. The Hall–Kier alpha value is -2.59. The van der Waals surface area contributed by atoms with E-state index in [1.807, 2.05) is 54.7 Å². The second-order valence-electron chi connectivity index (χ2n) is 5.54. The maximum absolute atomic E-state index is 5.92. The van der Waals surface area contributed by atoms with Crippen LogP contribution in [0.1, 0.15) is 24.1 Å². The monoisotopic (exact) mass is 339 g/mol. The summed E-state index contributed by atoms with van der Waals surface area (Å²) in [6, 6.07) is 15.4. The van der Waals surface area contributed by atoms with Gasteiger partial charge in [0.1, 0.15) is 11.4 Å². The number of ether oxygens (including phenoxy) is 1. The summed E-state index contributed by atoms with van der Waals surface area (Å²) >= 11 is 5.92. The maximum atomic E-state index is 5.92. The first-order valence-corrected chi connectivity index (χ1v) is 7.97. The second kappa shape index (κ2) is 6.89. The van der Waals surface area contributed by atoms with Gasteiger partial charge in [0.25, 0.3) is 0 Å². The number of aromatic nitrogens is 3. The molecule has 0 bridgehead atoms. The molecule has 0 radical (unpaired) electrons. The Bertz CT molecular complexity index is 838. The van der Waals surface area contributed by atoms with E-state index >= 15 is 0 Å². The lowest BCUT2D eigenvalue weighted by Gasteiger charge is -2.13. The fraction of sp³-hybridized carbons (Fsp3) is 0.158. The third-order valence-corrected chi connectivity index (χ3v) is 4.30. The summed E-state index contributed by atoms with van der Waals surface area (Å²) in [5.74, 6) is 0.969. The Kier molecular flexibility index (Phi) is 4.67. The molecule has 0 saturated heterocycles. The van der Waals surface area contributed by atoms with Crippen molar-refractivity contribution in [3.63, 3.8) is 0 Å². The van der Waals surface area contributed by atoms with Crippen molar-refractivity contribution in [2.75, 3.05) is 7.11 Å². The number of hydrogen-bond donors (Lipinski definition) is 0. The molecule has 122 valence electrons. The normalized spacial score (nSPS) is 12.0. The van der Waals surface area contributed by atoms with Crippen molar-refractivity contribution >= 4 is 17.2 Å². The molecule has 0 saturated carbocycles. The highest BCUT2D eigenvalue weighted by Crippen LogP contribution is 2.30. The zero-order valence-corrected chi connectivity index (χ0v) is 14.4. The number of allylic oxidation sites excluding steroid dienone is 1. The van der Waals surface area contributed by atoms with Gasteiger partial charge in [0.15, 0.2) is 0 Å². The molecule has 1 aromatic heterocycles. The molecule has 0 N–H and O–H groups in total. The van der Waals surface area contributed by atoms with E-state index < -0.39 is 0 Å². The molecule has 2 aromatic carbocycles. The highest BCUT2D eigenvalue weighted by atomic mass is 35.5. The Balaban J connectivity index is 1.80. The molecule has 0 amide bonds. The van der Waals surface area contributed by atoms with Crippen molar-refractivity contribution in [2.24, 2.45) is 0 Å². The number of halogens is 1. The lowest BCUT2D eigenvalue weighted by Crippen LogP contribution is -1.97. The number of rotatable bonds is 5. The van der Waals surface area contributed by atoms with Crippen LogP contribution in [0.5, 0.6) is 5.75 Å². The molecule has 24 heavy (non-hydrogen) atoms. The highest BCUT2D eigenvalue weighted by Gasteiger charge is 2.15. The zero-order valence-electron chi connectivity index (χ0n) is 13.6. The van der Waals surface area contributed by atoms with Gasteiger partial charge in [-0.15, -0.1) is 5.10 Å². The van der Waals surface area contributed by atoms with Gasteiger partial charge in [-0.25, -0.2) is 4.68 Å². The van der Waals surface area contributed by atoms with Crippen LogP contribution in [0.25, 0.3) is 11.3 Å². The lowest BCUT2D eigenvalue weighted by molar-refractivity contribution is 0.414. The first kappa shape index (κ1) is 16.3. The van der Waals surface area contributed by atoms with Crippen molar-refractivity contribution < 1.29 is 4.74 Å². The van der Waals surface area contributed by atoms with Crippen LogP contribution in [0.15, 0.2) is 61.3 Å². The molecular formula is C19H18ClN3O. The standard InChI is InChI=1S/C19H18ClN3O/c1-13(15-4-10-18(24-3)11-5-15)14(2)19-12-23(22-21-19)17-8-6-16(20)7-9-17/h4-13H,2H2,1,3H3/t13-/m1/s1. The number of nitrogens with zero attached hydrogens (tertiary/aromatic N) is 3. The summed E-state index contributed by atoms with van der Waals surface area (Å²) in [5.41, 5.74) is 3.75. The van der Waals surface area contributed by atoms with Gasteiger partial charge in [0, 0.05) is 10.9 Å². The summed E-state index contributed by atoms with van der Waals surface area (Å²) in [6.45, 7) is 6.30. The van der Waals surface area contributed by atoms with Crippen molar-refractivity contribution in [3.8, 4) is 11.4 Å². The minimum atomic E-state index is 0.131. The van der Waals surface area contributed by atoms with E-state index in [0.717, 1.165) is 28.3 Å². The summed E-state index contributed by atoms with van der Waals surface area (Å²) in [6.07, 6.45) is 1.88. The Morgan fingerprint density at radius 1 is 1.12 bits per heavy atom. The predicted octanol–water partition coefficient (Wildman–Crippen LogP) is 4.75. The maximum Gasteiger partial charge on any atom is 0.118 e. The second-order valence-corrected chi connectivity index (χ2v) is 5.98. The van der Waals surface area contributed by atoms with Crippen LogP contribution in [0.2, 0.25) is 5.02 Å². The summed E-state index contributed by atoms with van der Waals surface area (Å²) in [4.78, 5) is 0. The molecule has 0 spiro atoms. The molecule has 3 aromatic rings. The third kappa shape index (κ3) is 3.34. The number of benzene rings is 2. The van der Waals surface area contributed by atoms with Gasteiger partial charge in [0.2, 0.25) is 0 Å². The molecule has 0 aliphatic rings. The minimum absolute atomic E-state index is 0.131. The van der Waals surface area contributed by atoms with Gasteiger partial charge in [-0.2, -0.15) is 0 Å². The molecule has 1 heterocycles. The first-order valence-electron chi connectivity index (χ1n) is 7.60. The molecule has 1 atom stereocenters. The largest absolute Gasteiger partial charge is 0.497 e. The van der Waals surface area contributed by atoms with Crippen LogP contribution < -0.4 is 4.74 Å². The molecule has 5 heteroatoms. The van der Waals surface area contributed by atoms with E-state index in [1.54, 1.807) is 11.8 Å². The summed E-state index contributed by atoms with van der Waals surface area (Å²) < 4.78 is 6.92. The third-order valence-electron chi connectivity index (χ3n) is 4.05. The predicted molar refractivity (Wildman–Crippen MR) is 96.8 cm³/mol. The fourth-order valence-electron chi connectivity index (χ4n) is 2.45. The highest BCUT2D eigenvalue weighted by molar-refractivity contribution is 6.30. The topological polar surface area (TPSA) is 39.9 Å². The Morgan fingerprint density at radius 3 is 2.42 bits per heavy atom. The van der Waals surface area contributed by atoms with Gasteiger partial charge in [-0.05, 0) is 47.5 Å². The van der Waals surface area contributed by atoms with Gasteiger partial charge >= 0.3 is 0 Å². The van der Waals surface area contributed by atoms with Crippen molar-refractivity contribution in [1.82, 2.24) is 15.0 Å². The molecule has 0 fully saturated rings. The SMILES string of the molecule is C=C(c1cn(-c2ccc(Cl)cc2)nn1)[C@@H](C)c1ccc(OC)cc1. The van der Waals surface area contributed by atoms with Gasteiger partial charge in [-0.1, -0.05) is 42.4 Å². The van der Waals surface area contributed by atoms with Crippen LogP contribution in [0, 0.1) is 0 Å². The van der Waals surface area contributed by atoms with Crippen LogP contribution in [0.3, 0.4) is 0 Å². The van der Waals surface area contributed by atoms with E-state index in [4.69, 9.17) is 16.3 Å². The quantitative estimate of drug-likeness (QED) is 0.673. The molecule has 0 aliphatic heterocycles. The zero-order chi connectivity index (χ0) is 17.1. The summed E-state index contributed by atoms with van der Waals surface area (Å²) in [5, 5.41) is 9.13. The number of hydrogen-bond acceptors (Lipinski definition) is 3. The van der Waals surface area contributed by atoms with E-state index in [1.165, 1.54) is 0 Å². The van der Waals surface area contributed by atoms with Crippen molar-refractivity contribution in [3.05, 3.63) is 77.6 Å². The molecular weight excluding hydrogens is 322 g/mol. The van der Waals surface area contributed by atoms with Crippen molar-refractivity contribution in [1.29, 1.82) is 0 Å². The van der Waals surface area contributed by atoms with Gasteiger partial charge in [0.05, 0.1) is 19.0 Å². The average molecular weight is 340 g/mol. The lowest BCUT2D eigenvalue weighted by atomic mass is 9.92. The van der Waals surface area contributed by atoms with E-state index in [9.17, 15) is 0 Å². The Labute approximate surface area is 146 Å². The number of methoxy groups -OCH3 is 1. The van der Waals surface area contributed by atoms with E-state index in [2.05, 4.69) is 23.8 Å². The van der Waals surface area contributed by atoms with E-state index in [-0.39, 0.29) is 5.92 Å². The van der Waals surface area contributed by atoms with Crippen molar-refractivity contribution in [2.45, 2.75) is 12.8 Å². The molecule has 0 unspecified atom stereocenters. The van der Waals surface area contributed by atoms with Crippen LogP contribution in [0.4, 0.5) is 0 Å². The first-order chi connectivity index (χ1) is 11.6. The van der Waals surface area contributed by atoms with E-state index in [0.29, 0.717) is 5.02 Å².